The van der Waals surface area contributed by atoms with E-state index >= 15 is 0 Å². The van der Waals surface area contributed by atoms with Gasteiger partial charge in [0, 0.05) is 18.8 Å². The van der Waals surface area contributed by atoms with Crippen LogP contribution in [-0.2, 0) is 17.6 Å². The van der Waals surface area contributed by atoms with Gasteiger partial charge in [-0.25, -0.2) is 0 Å². The van der Waals surface area contributed by atoms with E-state index in [9.17, 15) is 9.90 Å². The Morgan fingerprint density at radius 1 is 1.54 bits per heavy atom. The summed E-state index contributed by atoms with van der Waals surface area (Å²) in [5.74, 6) is -0.166. The summed E-state index contributed by atoms with van der Waals surface area (Å²) < 4.78 is 5.30. The molecule has 0 spiro atoms. The number of carboxylic acids is 1. The van der Waals surface area contributed by atoms with Crippen molar-refractivity contribution in [2.75, 3.05) is 6.61 Å². The minimum atomic E-state index is -1.04. The van der Waals surface area contributed by atoms with Gasteiger partial charge in [-0.15, -0.1) is 0 Å². The fourth-order valence-electron chi connectivity index (χ4n) is 1.52. The van der Waals surface area contributed by atoms with Gasteiger partial charge in [-0.3, -0.25) is 0 Å². The lowest BCUT2D eigenvalue weighted by molar-refractivity contribution is -0.304. The van der Waals surface area contributed by atoms with Crippen molar-refractivity contribution < 1.29 is 14.6 Å². The van der Waals surface area contributed by atoms with Crippen molar-refractivity contribution in [3.63, 3.8) is 0 Å². The number of ether oxygens (including phenoxy) is 1. The van der Waals surface area contributed by atoms with E-state index in [4.69, 9.17) is 4.74 Å². The lowest BCUT2D eigenvalue weighted by atomic mass is 10.1. The summed E-state index contributed by atoms with van der Waals surface area (Å²) >= 11 is 0. The Kier molecular flexibility index (Phi) is 1.93. The standard InChI is InChI=1S/C10H10O3/c11-10(12)6-7-1-2-9-8(5-7)3-4-13-9/h1-2,5H,3-4,6H2,(H,11,12)/p-1. The van der Waals surface area contributed by atoms with Crippen LogP contribution < -0.4 is 9.84 Å². The van der Waals surface area contributed by atoms with Crippen molar-refractivity contribution in [2.45, 2.75) is 12.8 Å². The first-order chi connectivity index (χ1) is 6.25. The van der Waals surface area contributed by atoms with Crippen LogP contribution in [0, 0.1) is 0 Å². The second-order valence-corrected chi connectivity index (χ2v) is 3.09. The third kappa shape index (κ3) is 1.64. The smallest absolute Gasteiger partial charge is 0.122 e. The summed E-state index contributed by atoms with van der Waals surface area (Å²) in [6, 6.07) is 5.46. The molecule has 68 valence electrons. The zero-order valence-corrected chi connectivity index (χ0v) is 7.08. The van der Waals surface area contributed by atoms with E-state index in [-0.39, 0.29) is 6.42 Å². The Morgan fingerprint density at radius 2 is 2.38 bits per heavy atom. The molecule has 2 rings (SSSR count). The van der Waals surface area contributed by atoms with Gasteiger partial charge in [0.1, 0.15) is 5.75 Å². The molecular formula is C10H9O3-. The van der Waals surface area contributed by atoms with Crippen molar-refractivity contribution in [2.24, 2.45) is 0 Å². The zero-order chi connectivity index (χ0) is 9.26. The minimum Gasteiger partial charge on any atom is -0.550 e. The summed E-state index contributed by atoms with van der Waals surface area (Å²) in [4.78, 5) is 10.3. The summed E-state index contributed by atoms with van der Waals surface area (Å²) in [6.07, 6.45) is 0.851. The van der Waals surface area contributed by atoms with Gasteiger partial charge in [-0.1, -0.05) is 12.1 Å². The van der Waals surface area contributed by atoms with Crippen LogP contribution in [0.5, 0.6) is 5.75 Å². The highest BCUT2D eigenvalue weighted by molar-refractivity contribution is 5.68. The molecular weight excluding hydrogens is 168 g/mol. The molecule has 0 radical (unpaired) electrons. The van der Waals surface area contributed by atoms with Crippen LogP contribution in [0.2, 0.25) is 0 Å². The number of rotatable bonds is 2. The minimum absolute atomic E-state index is 0.0206. The Hall–Kier alpha value is -1.51. The molecule has 1 heterocycles. The molecule has 0 bridgehead atoms. The Balaban J connectivity index is 2.25. The maximum absolute atomic E-state index is 10.3. The quantitative estimate of drug-likeness (QED) is 0.634. The Bertz CT molecular complexity index is 344. The molecule has 13 heavy (non-hydrogen) atoms. The average Bonchev–Trinajstić information content (AvgIpc) is 2.49. The van der Waals surface area contributed by atoms with E-state index < -0.39 is 5.97 Å². The molecule has 3 heteroatoms. The highest BCUT2D eigenvalue weighted by Crippen LogP contribution is 2.25. The Morgan fingerprint density at radius 3 is 3.15 bits per heavy atom. The second kappa shape index (κ2) is 3.09. The summed E-state index contributed by atoms with van der Waals surface area (Å²) in [6.45, 7) is 0.699. The number of fused-ring (bicyclic) bond motifs is 1. The number of carbonyl (C=O) groups is 1. The summed E-state index contributed by atoms with van der Waals surface area (Å²) in [7, 11) is 0. The molecule has 0 amide bonds. The fraction of sp³-hybridized carbons (Fsp3) is 0.300. The lowest BCUT2D eigenvalue weighted by Gasteiger charge is -2.04. The van der Waals surface area contributed by atoms with Crippen molar-refractivity contribution in [1.82, 2.24) is 0 Å². The topological polar surface area (TPSA) is 49.4 Å². The SMILES string of the molecule is O=C([O-])Cc1ccc2c(c1)CCO2. The second-order valence-electron chi connectivity index (χ2n) is 3.09. The van der Waals surface area contributed by atoms with Gasteiger partial charge in [0.2, 0.25) is 0 Å². The zero-order valence-electron chi connectivity index (χ0n) is 7.08. The monoisotopic (exact) mass is 177 g/mol. The van der Waals surface area contributed by atoms with Gasteiger partial charge in [0.05, 0.1) is 6.61 Å². The number of hydrogen-bond acceptors (Lipinski definition) is 3. The van der Waals surface area contributed by atoms with Crippen LogP contribution in [-0.4, -0.2) is 12.6 Å². The average molecular weight is 177 g/mol. The van der Waals surface area contributed by atoms with Gasteiger partial charge < -0.3 is 14.6 Å². The van der Waals surface area contributed by atoms with Gasteiger partial charge in [-0.05, 0) is 17.2 Å². The molecule has 0 N–H and O–H groups in total. The predicted molar refractivity (Wildman–Crippen MR) is 44.4 cm³/mol. The van der Waals surface area contributed by atoms with Gasteiger partial charge in [-0.2, -0.15) is 0 Å². The summed E-state index contributed by atoms with van der Waals surface area (Å²) in [5, 5.41) is 10.3. The number of hydrogen-bond donors (Lipinski definition) is 0. The first-order valence-corrected chi connectivity index (χ1v) is 4.20. The van der Waals surface area contributed by atoms with E-state index in [1.54, 1.807) is 6.07 Å². The molecule has 1 aromatic carbocycles. The first-order valence-electron chi connectivity index (χ1n) is 4.20. The van der Waals surface area contributed by atoms with Crippen molar-refractivity contribution in [3.05, 3.63) is 29.3 Å². The van der Waals surface area contributed by atoms with Crippen LogP contribution in [0.25, 0.3) is 0 Å². The van der Waals surface area contributed by atoms with E-state index in [1.807, 2.05) is 12.1 Å². The molecule has 0 aliphatic carbocycles. The van der Waals surface area contributed by atoms with Crippen molar-refractivity contribution in [1.29, 1.82) is 0 Å². The molecule has 1 aliphatic heterocycles. The molecule has 1 aromatic rings. The number of carboxylic acid groups (broad SMARTS) is 1. The third-order valence-corrected chi connectivity index (χ3v) is 2.10. The highest BCUT2D eigenvalue weighted by Gasteiger charge is 2.11. The van der Waals surface area contributed by atoms with Crippen LogP contribution >= 0.6 is 0 Å². The van der Waals surface area contributed by atoms with E-state index in [0.717, 1.165) is 23.3 Å². The maximum Gasteiger partial charge on any atom is 0.122 e. The summed E-state index contributed by atoms with van der Waals surface area (Å²) in [5.41, 5.74) is 1.88. The van der Waals surface area contributed by atoms with Gasteiger partial charge in [0.25, 0.3) is 0 Å². The fourth-order valence-corrected chi connectivity index (χ4v) is 1.52. The number of carbonyl (C=O) groups excluding carboxylic acids is 1. The van der Waals surface area contributed by atoms with E-state index in [2.05, 4.69) is 0 Å². The predicted octanol–water partition coefficient (Wildman–Crippen LogP) is -0.0861. The van der Waals surface area contributed by atoms with E-state index in [0.29, 0.717) is 6.61 Å². The normalized spacial score (nSPS) is 13.5. The third-order valence-electron chi connectivity index (χ3n) is 2.10. The van der Waals surface area contributed by atoms with Gasteiger partial charge in [0.15, 0.2) is 0 Å². The molecule has 0 saturated heterocycles. The van der Waals surface area contributed by atoms with E-state index in [1.165, 1.54) is 0 Å². The molecule has 3 nitrogen and oxygen atoms in total. The first kappa shape index (κ1) is 8.10. The number of aliphatic carboxylic acids is 1. The molecule has 0 saturated carbocycles. The largest absolute Gasteiger partial charge is 0.550 e. The van der Waals surface area contributed by atoms with Crippen LogP contribution in [0.3, 0.4) is 0 Å². The maximum atomic E-state index is 10.3. The molecule has 0 aromatic heterocycles. The molecule has 0 atom stereocenters. The van der Waals surface area contributed by atoms with Crippen LogP contribution in [0.1, 0.15) is 11.1 Å². The van der Waals surface area contributed by atoms with Crippen LogP contribution in [0.4, 0.5) is 0 Å². The molecule has 1 aliphatic rings. The molecule has 0 unspecified atom stereocenters. The van der Waals surface area contributed by atoms with Gasteiger partial charge >= 0.3 is 0 Å². The highest BCUT2D eigenvalue weighted by atomic mass is 16.5. The van der Waals surface area contributed by atoms with Crippen molar-refractivity contribution >= 4 is 5.97 Å². The Labute approximate surface area is 76.0 Å². The van der Waals surface area contributed by atoms with Crippen LogP contribution in [0.15, 0.2) is 18.2 Å². The van der Waals surface area contributed by atoms with Crippen molar-refractivity contribution in [3.8, 4) is 5.75 Å². The number of benzene rings is 1. The lowest BCUT2D eigenvalue weighted by Crippen LogP contribution is -2.24. The molecule has 0 fully saturated rings.